The number of para-hydroxylation sites is 1. The Morgan fingerprint density at radius 3 is 3.00 bits per heavy atom. The molecule has 0 aliphatic heterocycles. The molecule has 0 unspecified atom stereocenters. The third-order valence-electron chi connectivity index (χ3n) is 2.98. The van der Waals surface area contributed by atoms with Gasteiger partial charge < -0.3 is 4.74 Å². The Morgan fingerprint density at radius 2 is 2.19 bits per heavy atom. The number of esters is 1. The standard InChI is InChI=1S/C15H15N3O3/c16-8-3-4-10-21-14(19)7-9-18-11-17-13-6-2-1-5-12(13)15(18)20/h1-2,5-6,11H,3-4,7,9-10H2. The molecule has 0 fully saturated rings. The molecule has 0 spiro atoms. The zero-order chi connectivity index (χ0) is 15.1. The van der Waals surface area contributed by atoms with Crippen LogP contribution in [-0.4, -0.2) is 22.1 Å². The Kier molecular flexibility index (Phi) is 5.04. The number of hydrogen-bond donors (Lipinski definition) is 0. The third-order valence-corrected chi connectivity index (χ3v) is 2.98. The molecule has 0 N–H and O–H groups in total. The van der Waals surface area contributed by atoms with E-state index in [1.165, 1.54) is 10.9 Å². The Balaban J connectivity index is 1.95. The summed E-state index contributed by atoms with van der Waals surface area (Å²) in [5, 5.41) is 8.90. The van der Waals surface area contributed by atoms with Crippen LogP contribution in [0.3, 0.4) is 0 Å². The van der Waals surface area contributed by atoms with E-state index in [1.54, 1.807) is 18.2 Å². The number of aromatic nitrogens is 2. The van der Waals surface area contributed by atoms with E-state index in [-0.39, 0.29) is 31.1 Å². The van der Waals surface area contributed by atoms with E-state index in [0.717, 1.165) is 0 Å². The molecular weight excluding hydrogens is 270 g/mol. The van der Waals surface area contributed by atoms with Crippen molar-refractivity contribution in [2.75, 3.05) is 6.61 Å². The number of ether oxygens (including phenoxy) is 1. The number of carbonyl (C=O) groups excluding carboxylic acids is 1. The van der Waals surface area contributed by atoms with Gasteiger partial charge in [-0.2, -0.15) is 5.26 Å². The molecule has 0 amide bonds. The highest BCUT2D eigenvalue weighted by atomic mass is 16.5. The van der Waals surface area contributed by atoms with Gasteiger partial charge in [-0.3, -0.25) is 14.2 Å². The van der Waals surface area contributed by atoms with Crippen LogP contribution < -0.4 is 5.56 Å². The van der Waals surface area contributed by atoms with E-state index in [4.69, 9.17) is 10.00 Å². The van der Waals surface area contributed by atoms with Crippen molar-refractivity contribution in [1.82, 2.24) is 9.55 Å². The minimum Gasteiger partial charge on any atom is -0.466 e. The molecule has 1 aromatic carbocycles. The zero-order valence-corrected chi connectivity index (χ0v) is 11.5. The fourth-order valence-corrected chi connectivity index (χ4v) is 1.89. The van der Waals surface area contributed by atoms with Gasteiger partial charge in [-0.25, -0.2) is 4.98 Å². The van der Waals surface area contributed by atoms with Gasteiger partial charge in [0, 0.05) is 13.0 Å². The number of benzene rings is 1. The average Bonchev–Trinajstić information content (AvgIpc) is 2.51. The summed E-state index contributed by atoms with van der Waals surface area (Å²) in [6.07, 6.45) is 2.43. The molecule has 6 heteroatoms. The first-order valence-corrected chi connectivity index (χ1v) is 6.69. The molecule has 0 saturated heterocycles. The van der Waals surface area contributed by atoms with Gasteiger partial charge in [0.15, 0.2) is 0 Å². The number of nitriles is 1. The van der Waals surface area contributed by atoms with Crippen LogP contribution in [-0.2, 0) is 16.1 Å². The second kappa shape index (κ2) is 7.20. The maximum atomic E-state index is 12.2. The first-order chi connectivity index (χ1) is 10.2. The quantitative estimate of drug-likeness (QED) is 0.595. The van der Waals surface area contributed by atoms with Crippen LogP contribution in [0.1, 0.15) is 19.3 Å². The molecule has 6 nitrogen and oxygen atoms in total. The first kappa shape index (κ1) is 14.7. The third kappa shape index (κ3) is 3.89. The molecule has 108 valence electrons. The van der Waals surface area contributed by atoms with E-state index in [0.29, 0.717) is 23.7 Å². The molecule has 0 atom stereocenters. The lowest BCUT2D eigenvalue weighted by molar-refractivity contribution is -0.144. The molecule has 2 rings (SSSR count). The van der Waals surface area contributed by atoms with E-state index < -0.39 is 0 Å². The van der Waals surface area contributed by atoms with Crippen LogP contribution in [0.25, 0.3) is 10.9 Å². The Bertz CT molecular complexity index is 731. The molecule has 0 bridgehead atoms. The second-order valence-electron chi connectivity index (χ2n) is 4.49. The van der Waals surface area contributed by atoms with Gasteiger partial charge in [0.25, 0.3) is 5.56 Å². The number of rotatable bonds is 6. The van der Waals surface area contributed by atoms with E-state index >= 15 is 0 Å². The van der Waals surface area contributed by atoms with Gasteiger partial charge in [-0.15, -0.1) is 0 Å². The Hall–Kier alpha value is -2.68. The number of unbranched alkanes of at least 4 members (excludes halogenated alkanes) is 1. The molecule has 0 saturated carbocycles. The lowest BCUT2D eigenvalue weighted by Gasteiger charge is -2.06. The summed E-state index contributed by atoms with van der Waals surface area (Å²) in [6.45, 7) is 0.463. The number of nitrogens with zero attached hydrogens (tertiary/aromatic N) is 3. The second-order valence-corrected chi connectivity index (χ2v) is 4.49. The van der Waals surface area contributed by atoms with E-state index in [9.17, 15) is 9.59 Å². The highest BCUT2D eigenvalue weighted by molar-refractivity contribution is 5.77. The van der Waals surface area contributed by atoms with Crippen molar-refractivity contribution in [2.24, 2.45) is 0 Å². The maximum Gasteiger partial charge on any atom is 0.307 e. The lowest BCUT2D eigenvalue weighted by Crippen LogP contribution is -2.22. The molecule has 0 aliphatic rings. The minimum atomic E-state index is -0.381. The summed E-state index contributed by atoms with van der Waals surface area (Å²) < 4.78 is 6.37. The summed E-state index contributed by atoms with van der Waals surface area (Å²) >= 11 is 0. The zero-order valence-electron chi connectivity index (χ0n) is 11.5. The van der Waals surface area contributed by atoms with Gasteiger partial charge in [0.05, 0.1) is 36.3 Å². The van der Waals surface area contributed by atoms with Crippen molar-refractivity contribution >= 4 is 16.9 Å². The molecule has 1 aromatic heterocycles. The molecular formula is C15H15N3O3. The monoisotopic (exact) mass is 285 g/mol. The average molecular weight is 285 g/mol. The highest BCUT2D eigenvalue weighted by Crippen LogP contribution is 2.05. The SMILES string of the molecule is N#CCCCOC(=O)CCn1cnc2ccccc2c1=O. The van der Waals surface area contributed by atoms with Gasteiger partial charge in [0.1, 0.15) is 0 Å². The number of carbonyl (C=O) groups is 1. The van der Waals surface area contributed by atoms with Crippen molar-refractivity contribution in [1.29, 1.82) is 5.26 Å². The summed E-state index contributed by atoms with van der Waals surface area (Å²) in [7, 11) is 0. The number of fused-ring (bicyclic) bond motifs is 1. The fourth-order valence-electron chi connectivity index (χ4n) is 1.89. The van der Waals surface area contributed by atoms with Crippen LogP contribution in [0.5, 0.6) is 0 Å². The van der Waals surface area contributed by atoms with Crippen LogP contribution in [0.4, 0.5) is 0 Å². The smallest absolute Gasteiger partial charge is 0.307 e. The van der Waals surface area contributed by atoms with Gasteiger partial charge in [0.2, 0.25) is 0 Å². The number of aryl methyl sites for hydroxylation is 1. The largest absolute Gasteiger partial charge is 0.466 e. The van der Waals surface area contributed by atoms with Crippen molar-refractivity contribution in [3.8, 4) is 6.07 Å². The Labute approximate surface area is 121 Å². The Morgan fingerprint density at radius 1 is 1.38 bits per heavy atom. The highest BCUT2D eigenvalue weighted by Gasteiger charge is 2.07. The van der Waals surface area contributed by atoms with Crippen molar-refractivity contribution < 1.29 is 9.53 Å². The topological polar surface area (TPSA) is 85.0 Å². The molecule has 1 heterocycles. The summed E-state index contributed by atoms with van der Waals surface area (Å²) in [4.78, 5) is 27.9. The van der Waals surface area contributed by atoms with Gasteiger partial charge in [-0.1, -0.05) is 12.1 Å². The predicted octanol–water partition coefficient (Wildman–Crippen LogP) is 1.63. The van der Waals surface area contributed by atoms with Crippen LogP contribution >= 0.6 is 0 Å². The van der Waals surface area contributed by atoms with E-state index in [2.05, 4.69) is 4.98 Å². The normalized spacial score (nSPS) is 10.2. The molecule has 2 aromatic rings. The van der Waals surface area contributed by atoms with Crippen molar-refractivity contribution in [3.05, 3.63) is 40.9 Å². The molecule has 0 radical (unpaired) electrons. The van der Waals surface area contributed by atoms with Crippen LogP contribution in [0.2, 0.25) is 0 Å². The van der Waals surface area contributed by atoms with E-state index in [1.807, 2.05) is 12.1 Å². The molecule has 21 heavy (non-hydrogen) atoms. The summed E-state index contributed by atoms with van der Waals surface area (Å²) in [5.41, 5.74) is 0.468. The van der Waals surface area contributed by atoms with Gasteiger partial charge >= 0.3 is 5.97 Å². The van der Waals surface area contributed by atoms with Crippen LogP contribution in [0, 0.1) is 11.3 Å². The van der Waals surface area contributed by atoms with Crippen molar-refractivity contribution in [3.63, 3.8) is 0 Å². The van der Waals surface area contributed by atoms with Crippen LogP contribution in [0.15, 0.2) is 35.4 Å². The first-order valence-electron chi connectivity index (χ1n) is 6.69. The molecule has 0 aliphatic carbocycles. The predicted molar refractivity (Wildman–Crippen MR) is 76.4 cm³/mol. The van der Waals surface area contributed by atoms with Gasteiger partial charge in [-0.05, 0) is 18.6 Å². The fraction of sp³-hybridized carbons (Fsp3) is 0.333. The summed E-state index contributed by atoms with van der Waals surface area (Å²) in [5.74, 6) is -0.381. The minimum absolute atomic E-state index is 0.104. The number of hydrogen-bond acceptors (Lipinski definition) is 5. The van der Waals surface area contributed by atoms with Crippen molar-refractivity contribution in [2.45, 2.75) is 25.8 Å². The summed E-state index contributed by atoms with van der Waals surface area (Å²) in [6, 6.07) is 9.05. The lowest BCUT2D eigenvalue weighted by atomic mass is 10.2. The maximum absolute atomic E-state index is 12.2.